The molecule has 1 atom stereocenters. The molecule has 2 aliphatic rings. The molecule has 1 aliphatic heterocycles. The maximum Gasteiger partial charge on any atom is 0.425 e. The Hall–Kier alpha value is -2.84. The maximum absolute atomic E-state index is 14.6. The normalized spacial score (nSPS) is 22.2. The molecule has 9 heteroatoms. The van der Waals surface area contributed by atoms with Crippen LogP contribution < -0.4 is 5.32 Å². The van der Waals surface area contributed by atoms with E-state index in [0.29, 0.717) is 12.8 Å². The smallest absolute Gasteiger partial charge is 0.425 e. The summed E-state index contributed by atoms with van der Waals surface area (Å²) in [4.78, 5) is 40.0. The van der Waals surface area contributed by atoms with Gasteiger partial charge in [0.2, 0.25) is 0 Å². The predicted octanol–water partition coefficient (Wildman–Crippen LogP) is 4.25. The van der Waals surface area contributed by atoms with Gasteiger partial charge in [0.1, 0.15) is 5.57 Å². The molecule has 0 bridgehead atoms. The maximum atomic E-state index is 14.6. The Balaban J connectivity index is 2.09. The SMILES string of the molecule is COC(=O)C1=C(C)N(C2CCCC2)C(=O)C1(NC(=O)c1ccc(C(C)(C)C)cc1)C(F)(F)F. The van der Waals surface area contributed by atoms with Crippen molar-refractivity contribution in [1.82, 2.24) is 10.2 Å². The van der Waals surface area contributed by atoms with Gasteiger partial charge in [0.05, 0.1) is 7.11 Å². The van der Waals surface area contributed by atoms with Gasteiger partial charge in [0, 0.05) is 17.3 Å². The van der Waals surface area contributed by atoms with E-state index in [-0.39, 0.29) is 16.7 Å². The summed E-state index contributed by atoms with van der Waals surface area (Å²) < 4.78 is 48.5. The molecule has 1 fully saturated rings. The second-order valence-corrected chi connectivity index (χ2v) is 9.59. The Kier molecular flexibility index (Phi) is 6.39. The molecule has 3 rings (SSSR count). The number of carbonyl (C=O) groups is 3. The quantitative estimate of drug-likeness (QED) is 0.674. The predicted molar refractivity (Wildman–Crippen MR) is 115 cm³/mol. The topological polar surface area (TPSA) is 75.7 Å². The molecule has 1 unspecified atom stereocenters. The fraction of sp³-hybridized carbons (Fsp3) is 0.542. The molecule has 0 saturated heterocycles. The zero-order valence-corrected chi connectivity index (χ0v) is 19.4. The lowest BCUT2D eigenvalue weighted by Gasteiger charge is -2.34. The Morgan fingerprint density at radius 2 is 1.64 bits per heavy atom. The highest BCUT2D eigenvalue weighted by atomic mass is 19.4. The van der Waals surface area contributed by atoms with Crippen molar-refractivity contribution in [1.29, 1.82) is 0 Å². The third kappa shape index (κ3) is 4.13. The van der Waals surface area contributed by atoms with Crippen LogP contribution in [0.5, 0.6) is 0 Å². The van der Waals surface area contributed by atoms with Crippen molar-refractivity contribution < 1.29 is 32.3 Å². The summed E-state index contributed by atoms with van der Waals surface area (Å²) in [6, 6.07) is 5.65. The number of hydrogen-bond acceptors (Lipinski definition) is 4. The third-order valence-electron chi connectivity index (χ3n) is 6.46. The number of carbonyl (C=O) groups excluding carboxylic acids is 3. The van der Waals surface area contributed by atoms with Crippen molar-refractivity contribution in [2.24, 2.45) is 0 Å². The first kappa shape index (κ1) is 24.8. The highest BCUT2D eigenvalue weighted by molar-refractivity contribution is 6.11. The highest BCUT2D eigenvalue weighted by Gasteiger charge is 2.71. The standard InChI is InChI=1S/C24H29F3N2O4/c1-14-18(20(31)33-5)23(24(25,26)27,21(32)29(14)17-8-6-7-9-17)28-19(30)15-10-12-16(13-11-15)22(2,3)4/h10-13,17H,6-9H2,1-5H3,(H,28,30). The first-order chi connectivity index (χ1) is 15.3. The number of halogens is 3. The number of ether oxygens (including phenoxy) is 1. The van der Waals surface area contributed by atoms with Gasteiger partial charge in [-0.25, -0.2) is 4.79 Å². The van der Waals surface area contributed by atoms with E-state index >= 15 is 0 Å². The van der Waals surface area contributed by atoms with Crippen LogP contribution in [0.15, 0.2) is 35.5 Å². The van der Waals surface area contributed by atoms with Crippen LogP contribution in [0.3, 0.4) is 0 Å². The number of esters is 1. The van der Waals surface area contributed by atoms with Gasteiger partial charge in [-0.1, -0.05) is 45.7 Å². The van der Waals surface area contributed by atoms with Gasteiger partial charge in [0.25, 0.3) is 17.4 Å². The van der Waals surface area contributed by atoms with Gasteiger partial charge in [-0.05, 0) is 42.9 Å². The Morgan fingerprint density at radius 1 is 1.09 bits per heavy atom. The summed E-state index contributed by atoms with van der Waals surface area (Å²) in [7, 11) is 0.944. The zero-order valence-electron chi connectivity index (χ0n) is 19.4. The molecule has 1 aromatic rings. The molecule has 1 saturated carbocycles. The van der Waals surface area contributed by atoms with Crippen LogP contribution in [-0.2, 0) is 19.7 Å². The summed E-state index contributed by atoms with van der Waals surface area (Å²) in [6.07, 6.45) is -2.70. The highest BCUT2D eigenvalue weighted by Crippen LogP contribution is 2.47. The van der Waals surface area contributed by atoms with Crippen LogP contribution in [-0.4, -0.2) is 47.6 Å². The van der Waals surface area contributed by atoms with Gasteiger partial charge in [0.15, 0.2) is 0 Å². The molecular weight excluding hydrogens is 437 g/mol. The summed E-state index contributed by atoms with van der Waals surface area (Å²) in [5, 5.41) is 1.89. The second-order valence-electron chi connectivity index (χ2n) is 9.59. The molecule has 1 aromatic carbocycles. The average Bonchev–Trinajstić information content (AvgIpc) is 3.32. The van der Waals surface area contributed by atoms with E-state index in [1.807, 2.05) is 26.1 Å². The zero-order chi connectivity index (χ0) is 24.8. The molecule has 0 aromatic heterocycles. The van der Waals surface area contributed by atoms with Crippen molar-refractivity contribution in [2.45, 2.75) is 76.6 Å². The molecule has 1 aliphatic carbocycles. The minimum absolute atomic E-state index is 0.0550. The number of allylic oxidation sites excluding steroid dienone is 1. The Bertz CT molecular complexity index is 986. The van der Waals surface area contributed by atoms with Crippen molar-refractivity contribution in [2.75, 3.05) is 7.11 Å². The number of nitrogens with zero attached hydrogens (tertiary/aromatic N) is 1. The van der Waals surface area contributed by atoms with Gasteiger partial charge >= 0.3 is 12.1 Å². The van der Waals surface area contributed by atoms with Crippen LogP contribution in [0.1, 0.15) is 69.3 Å². The number of amides is 2. The van der Waals surface area contributed by atoms with Crippen LogP contribution in [0, 0.1) is 0 Å². The molecule has 0 spiro atoms. The fourth-order valence-corrected chi connectivity index (χ4v) is 4.65. The molecule has 0 radical (unpaired) electrons. The molecule has 6 nitrogen and oxygen atoms in total. The largest absolute Gasteiger partial charge is 0.466 e. The lowest BCUT2D eigenvalue weighted by molar-refractivity contribution is -0.192. The fourth-order valence-electron chi connectivity index (χ4n) is 4.65. The lowest BCUT2D eigenvalue weighted by Crippen LogP contribution is -2.66. The van der Waals surface area contributed by atoms with Crippen LogP contribution in [0.4, 0.5) is 13.2 Å². The summed E-state index contributed by atoms with van der Waals surface area (Å²) in [5.74, 6) is -3.79. The summed E-state index contributed by atoms with van der Waals surface area (Å²) >= 11 is 0. The minimum atomic E-state index is -5.27. The molecule has 1 heterocycles. The van der Waals surface area contributed by atoms with Gasteiger partial charge in [-0.2, -0.15) is 13.2 Å². The molecule has 2 amide bonds. The minimum Gasteiger partial charge on any atom is -0.466 e. The Morgan fingerprint density at radius 3 is 2.09 bits per heavy atom. The number of nitrogens with one attached hydrogen (secondary N) is 1. The van der Waals surface area contributed by atoms with E-state index in [1.165, 1.54) is 19.1 Å². The van der Waals surface area contributed by atoms with Crippen LogP contribution in [0.25, 0.3) is 0 Å². The van der Waals surface area contributed by atoms with E-state index in [2.05, 4.69) is 4.74 Å². The number of benzene rings is 1. The molecule has 33 heavy (non-hydrogen) atoms. The molecule has 180 valence electrons. The van der Waals surface area contributed by atoms with E-state index in [1.54, 1.807) is 12.1 Å². The lowest BCUT2D eigenvalue weighted by atomic mass is 9.86. The van der Waals surface area contributed by atoms with Crippen molar-refractivity contribution in [3.63, 3.8) is 0 Å². The summed E-state index contributed by atoms with van der Waals surface area (Å²) in [6.45, 7) is 7.18. The van der Waals surface area contributed by atoms with Gasteiger partial charge in [-0.3, -0.25) is 9.59 Å². The van der Waals surface area contributed by atoms with Crippen LogP contribution in [0.2, 0.25) is 0 Å². The third-order valence-corrected chi connectivity index (χ3v) is 6.46. The van der Waals surface area contributed by atoms with E-state index < -0.39 is 41.1 Å². The number of rotatable bonds is 4. The van der Waals surface area contributed by atoms with E-state index in [4.69, 9.17) is 0 Å². The number of alkyl halides is 3. The monoisotopic (exact) mass is 466 g/mol. The van der Waals surface area contributed by atoms with Gasteiger partial charge < -0.3 is 15.0 Å². The Labute approximate surface area is 191 Å². The summed E-state index contributed by atoms with van der Waals surface area (Å²) in [5.41, 5.74) is -3.94. The van der Waals surface area contributed by atoms with Crippen molar-refractivity contribution in [3.05, 3.63) is 46.7 Å². The van der Waals surface area contributed by atoms with Gasteiger partial charge in [-0.15, -0.1) is 0 Å². The number of methoxy groups -OCH3 is 1. The van der Waals surface area contributed by atoms with Crippen LogP contribution >= 0.6 is 0 Å². The van der Waals surface area contributed by atoms with E-state index in [9.17, 15) is 27.6 Å². The second kappa shape index (κ2) is 8.50. The van der Waals surface area contributed by atoms with E-state index in [0.717, 1.165) is 30.4 Å². The first-order valence-corrected chi connectivity index (χ1v) is 10.9. The molecule has 1 N–H and O–H groups in total. The first-order valence-electron chi connectivity index (χ1n) is 10.9. The molecular formula is C24H29F3N2O4. The number of hydrogen-bond donors (Lipinski definition) is 1. The van der Waals surface area contributed by atoms with Crippen molar-refractivity contribution in [3.8, 4) is 0 Å². The average molecular weight is 467 g/mol. The van der Waals surface area contributed by atoms with Crippen molar-refractivity contribution >= 4 is 17.8 Å².